The van der Waals surface area contributed by atoms with Crippen molar-refractivity contribution in [2.45, 2.75) is 142 Å². The van der Waals surface area contributed by atoms with Crippen LogP contribution in [0.3, 0.4) is 0 Å². The normalized spacial score (nSPS) is 44.4. The minimum atomic E-state index is -1.06. The summed E-state index contributed by atoms with van der Waals surface area (Å²) in [6.45, 7) is 7.82. The van der Waals surface area contributed by atoms with Crippen LogP contribution in [-0.4, -0.2) is 56.3 Å². The van der Waals surface area contributed by atoms with Gasteiger partial charge in [-0.25, -0.2) is 4.79 Å². The van der Waals surface area contributed by atoms with Gasteiger partial charge in [0.1, 0.15) is 5.78 Å². The maximum Gasteiger partial charge on any atom is 0.331 e. The standard InChI is InChI=1S/C37H54O7/c1-21(16-24(38)17-22(2)33(43)44)25-18-30(42)35(4)31-26(39)19-28-34(3,23-10-6-7-11-23)29(41)12-15-36(28)13-8-5-9-14-37(25,35)20-27(40)32(31)36/h17,21,23-26,28,30,38-39,42H,5-16,18-20H2,1-4H3,(H,43,44)/b22-17+/t21-,24+,25-,26-,28-,30+,34+,35+,36+,37-/m1/s1. The molecule has 44 heavy (non-hydrogen) atoms. The van der Waals surface area contributed by atoms with Gasteiger partial charge >= 0.3 is 5.97 Å². The molecule has 0 heterocycles. The number of carboxylic acids is 1. The van der Waals surface area contributed by atoms with Crippen LogP contribution in [0.25, 0.3) is 0 Å². The van der Waals surface area contributed by atoms with E-state index in [2.05, 4.69) is 20.8 Å². The Bertz CT molecular complexity index is 1280. The number of aliphatic hydroxyl groups excluding tert-OH is 3. The van der Waals surface area contributed by atoms with E-state index >= 15 is 0 Å². The Hall–Kier alpha value is -1.83. The van der Waals surface area contributed by atoms with Crippen molar-refractivity contribution in [3.8, 4) is 0 Å². The summed E-state index contributed by atoms with van der Waals surface area (Å²) in [5.41, 5.74) is -0.670. The van der Waals surface area contributed by atoms with Crippen molar-refractivity contribution in [2.75, 3.05) is 0 Å². The monoisotopic (exact) mass is 610 g/mol. The number of aliphatic hydroxyl groups is 3. The molecular formula is C37H54O7. The van der Waals surface area contributed by atoms with Crippen molar-refractivity contribution in [1.82, 2.24) is 0 Å². The van der Waals surface area contributed by atoms with Crippen LogP contribution in [0.4, 0.5) is 0 Å². The van der Waals surface area contributed by atoms with Gasteiger partial charge in [-0.05, 0) is 99.0 Å². The van der Waals surface area contributed by atoms with Crippen LogP contribution in [0.5, 0.6) is 0 Å². The third-order valence-corrected chi connectivity index (χ3v) is 14.6. The predicted molar refractivity (Wildman–Crippen MR) is 166 cm³/mol. The zero-order chi connectivity index (χ0) is 31.8. The van der Waals surface area contributed by atoms with Gasteiger partial charge in [0.15, 0.2) is 5.78 Å². The Morgan fingerprint density at radius 2 is 1.68 bits per heavy atom. The average molecular weight is 611 g/mol. The first-order valence-electron chi connectivity index (χ1n) is 17.5. The highest BCUT2D eigenvalue weighted by atomic mass is 16.4. The second-order valence-corrected chi connectivity index (χ2v) is 16.2. The molecule has 0 amide bonds. The van der Waals surface area contributed by atoms with Gasteiger partial charge in [-0.15, -0.1) is 0 Å². The van der Waals surface area contributed by atoms with E-state index in [-0.39, 0.29) is 29.1 Å². The lowest BCUT2D eigenvalue weighted by Gasteiger charge is -2.64. The van der Waals surface area contributed by atoms with E-state index in [4.69, 9.17) is 0 Å². The molecule has 0 radical (unpaired) electrons. The van der Waals surface area contributed by atoms with Gasteiger partial charge in [-0.2, -0.15) is 0 Å². The zero-order valence-electron chi connectivity index (χ0n) is 27.2. The summed E-state index contributed by atoms with van der Waals surface area (Å²) >= 11 is 0. The molecule has 6 rings (SSSR count). The lowest BCUT2D eigenvalue weighted by Crippen LogP contribution is -2.63. The van der Waals surface area contributed by atoms with Gasteiger partial charge in [0, 0.05) is 40.2 Å². The van der Waals surface area contributed by atoms with E-state index in [0.29, 0.717) is 50.2 Å². The summed E-state index contributed by atoms with van der Waals surface area (Å²) in [4.78, 5) is 40.2. The summed E-state index contributed by atoms with van der Waals surface area (Å²) < 4.78 is 0. The molecule has 2 spiro atoms. The SMILES string of the molecule is C/C(=C\[C@@H](O)C[C@@H](C)[C@H]1C[C@H](O)[C@@]2(C)C3=C4C(=O)C[C@]12CCCCC[C@@]41CCC(=O)[C@@](C)(C2CCCC2)[C@H]1C[C@H]3O)C(=O)O. The summed E-state index contributed by atoms with van der Waals surface area (Å²) in [6, 6.07) is 0. The molecule has 6 aliphatic carbocycles. The van der Waals surface area contributed by atoms with Crippen LogP contribution < -0.4 is 0 Å². The van der Waals surface area contributed by atoms with Crippen LogP contribution in [0.15, 0.2) is 22.8 Å². The highest BCUT2D eigenvalue weighted by Crippen LogP contribution is 2.74. The Balaban J connectivity index is 1.48. The molecule has 2 bridgehead atoms. The van der Waals surface area contributed by atoms with Crippen molar-refractivity contribution in [1.29, 1.82) is 0 Å². The molecule has 10 atom stereocenters. The van der Waals surface area contributed by atoms with Crippen molar-refractivity contribution >= 4 is 17.5 Å². The molecule has 4 N–H and O–H groups in total. The first-order chi connectivity index (χ1) is 20.7. The Morgan fingerprint density at radius 3 is 2.36 bits per heavy atom. The van der Waals surface area contributed by atoms with E-state index in [1.54, 1.807) is 0 Å². The molecular weight excluding hydrogens is 556 g/mol. The molecule has 6 aliphatic rings. The van der Waals surface area contributed by atoms with Crippen LogP contribution in [0, 0.1) is 45.3 Å². The van der Waals surface area contributed by atoms with Gasteiger partial charge in [-0.1, -0.05) is 52.9 Å². The number of rotatable bonds is 6. The number of hydrogen-bond donors (Lipinski definition) is 4. The number of carbonyl (C=O) groups is 3. The lowest BCUT2D eigenvalue weighted by atomic mass is 9.39. The maximum absolute atomic E-state index is 14.9. The van der Waals surface area contributed by atoms with E-state index in [0.717, 1.165) is 68.9 Å². The minimum Gasteiger partial charge on any atom is -0.478 e. The molecule has 4 fully saturated rings. The minimum absolute atomic E-state index is 0.0642. The summed E-state index contributed by atoms with van der Waals surface area (Å²) in [5, 5.41) is 44.5. The third kappa shape index (κ3) is 4.34. The Kier molecular flexibility index (Phi) is 8.14. The molecule has 244 valence electrons. The van der Waals surface area contributed by atoms with Crippen LogP contribution >= 0.6 is 0 Å². The van der Waals surface area contributed by atoms with Gasteiger partial charge in [0.25, 0.3) is 0 Å². The average Bonchev–Trinajstić information content (AvgIpc) is 3.58. The van der Waals surface area contributed by atoms with Gasteiger partial charge in [0.05, 0.1) is 18.3 Å². The Labute approximate surface area is 262 Å². The van der Waals surface area contributed by atoms with Crippen LogP contribution in [0.1, 0.15) is 124 Å². The van der Waals surface area contributed by atoms with Gasteiger partial charge in [-0.3, -0.25) is 9.59 Å². The van der Waals surface area contributed by atoms with Crippen molar-refractivity contribution in [2.24, 2.45) is 45.3 Å². The molecule has 0 aromatic rings. The number of allylic oxidation sites excluding steroid dienone is 1. The topological polar surface area (TPSA) is 132 Å². The molecule has 4 saturated carbocycles. The number of carboxylic acid groups (broad SMARTS) is 1. The number of fused-ring (bicyclic) bond motifs is 2. The second kappa shape index (κ2) is 11.2. The van der Waals surface area contributed by atoms with Crippen molar-refractivity contribution < 1.29 is 34.8 Å². The lowest BCUT2D eigenvalue weighted by molar-refractivity contribution is -0.157. The number of hydrogen-bond acceptors (Lipinski definition) is 6. The van der Waals surface area contributed by atoms with E-state index < -0.39 is 45.9 Å². The second-order valence-electron chi connectivity index (χ2n) is 16.2. The first-order valence-corrected chi connectivity index (χ1v) is 17.5. The highest BCUT2D eigenvalue weighted by Gasteiger charge is 2.72. The van der Waals surface area contributed by atoms with E-state index in [1.165, 1.54) is 13.0 Å². The van der Waals surface area contributed by atoms with Gasteiger partial charge < -0.3 is 20.4 Å². The zero-order valence-corrected chi connectivity index (χ0v) is 27.2. The molecule has 7 heteroatoms. The molecule has 7 nitrogen and oxygen atoms in total. The fourth-order valence-electron chi connectivity index (χ4n) is 12.5. The molecule has 0 saturated heterocycles. The largest absolute Gasteiger partial charge is 0.478 e. The van der Waals surface area contributed by atoms with E-state index in [1.807, 2.05) is 0 Å². The number of ketones is 2. The maximum atomic E-state index is 14.9. The molecule has 0 aromatic heterocycles. The number of aliphatic carboxylic acids is 1. The summed E-state index contributed by atoms with van der Waals surface area (Å²) in [7, 11) is 0. The predicted octanol–water partition coefficient (Wildman–Crippen LogP) is 5.94. The third-order valence-electron chi connectivity index (χ3n) is 14.6. The number of carbonyl (C=O) groups excluding carboxylic acids is 2. The summed E-state index contributed by atoms with van der Waals surface area (Å²) in [6.07, 6.45) is 10.5. The van der Waals surface area contributed by atoms with Crippen LogP contribution in [-0.2, 0) is 14.4 Å². The summed E-state index contributed by atoms with van der Waals surface area (Å²) in [5.74, 6) is -0.542. The Morgan fingerprint density at radius 1 is 1.00 bits per heavy atom. The first kappa shape index (κ1) is 32.1. The molecule has 0 unspecified atom stereocenters. The van der Waals surface area contributed by atoms with Crippen molar-refractivity contribution in [3.63, 3.8) is 0 Å². The molecule has 0 aliphatic heterocycles. The van der Waals surface area contributed by atoms with Gasteiger partial charge in [0.2, 0.25) is 0 Å². The highest BCUT2D eigenvalue weighted by molar-refractivity contribution is 6.01. The van der Waals surface area contributed by atoms with E-state index in [9.17, 15) is 34.8 Å². The molecule has 0 aromatic carbocycles. The van der Waals surface area contributed by atoms with Crippen molar-refractivity contribution in [3.05, 3.63) is 22.8 Å². The number of Topliss-reactive ketones (excluding diaryl/α,β-unsaturated/α-hetero) is 2. The van der Waals surface area contributed by atoms with Crippen LogP contribution in [0.2, 0.25) is 0 Å². The smallest absolute Gasteiger partial charge is 0.331 e. The quantitative estimate of drug-likeness (QED) is 0.274. The fraction of sp³-hybridized carbons (Fsp3) is 0.811. The fourth-order valence-corrected chi connectivity index (χ4v) is 12.5.